The number of hydroxylamine groups is 2. The van der Waals surface area contributed by atoms with Crippen LogP contribution in [-0.4, -0.2) is 56.1 Å². The highest BCUT2D eigenvalue weighted by atomic mass is 16.7. The lowest BCUT2D eigenvalue weighted by Crippen LogP contribution is -2.51. The van der Waals surface area contributed by atoms with Crippen molar-refractivity contribution >= 4 is 11.8 Å². The number of nitrogens with zero attached hydrogens (tertiary/aromatic N) is 1. The summed E-state index contributed by atoms with van der Waals surface area (Å²) in [5, 5.41) is 3.88. The SMILES string of the molecule is CON(C)C(=O)CCNC(=O)C[C@H]1OC(C)(C)OCC1(C)C. The van der Waals surface area contributed by atoms with Crippen LogP contribution in [0.15, 0.2) is 0 Å². The summed E-state index contributed by atoms with van der Waals surface area (Å²) < 4.78 is 11.5. The number of rotatable bonds is 6. The zero-order valence-electron chi connectivity index (χ0n) is 14.4. The van der Waals surface area contributed by atoms with E-state index in [0.29, 0.717) is 6.61 Å². The second-order valence-corrected chi connectivity index (χ2v) is 6.66. The van der Waals surface area contributed by atoms with Crippen molar-refractivity contribution in [1.82, 2.24) is 10.4 Å². The topological polar surface area (TPSA) is 77.1 Å². The van der Waals surface area contributed by atoms with Crippen molar-refractivity contribution in [2.75, 3.05) is 27.3 Å². The molecule has 7 heteroatoms. The summed E-state index contributed by atoms with van der Waals surface area (Å²) in [7, 11) is 2.95. The molecule has 0 spiro atoms. The molecular formula is C15H28N2O5. The van der Waals surface area contributed by atoms with Crippen molar-refractivity contribution in [3.8, 4) is 0 Å². The van der Waals surface area contributed by atoms with Crippen LogP contribution in [0.3, 0.4) is 0 Å². The van der Waals surface area contributed by atoms with Crippen LogP contribution in [0.1, 0.15) is 40.5 Å². The molecule has 0 unspecified atom stereocenters. The average Bonchev–Trinajstić information content (AvgIpc) is 2.42. The highest BCUT2D eigenvalue weighted by molar-refractivity contribution is 5.78. The van der Waals surface area contributed by atoms with Gasteiger partial charge >= 0.3 is 0 Å². The highest BCUT2D eigenvalue weighted by Crippen LogP contribution is 2.36. The van der Waals surface area contributed by atoms with Crippen LogP contribution >= 0.6 is 0 Å². The first-order valence-corrected chi connectivity index (χ1v) is 7.46. The number of hydrogen-bond donors (Lipinski definition) is 1. The molecule has 1 rings (SSSR count). The Morgan fingerprint density at radius 1 is 1.32 bits per heavy atom. The van der Waals surface area contributed by atoms with Crippen LogP contribution in [0, 0.1) is 5.41 Å². The summed E-state index contributed by atoms with van der Waals surface area (Å²) in [6, 6.07) is 0. The predicted molar refractivity (Wildman–Crippen MR) is 80.7 cm³/mol. The smallest absolute Gasteiger partial charge is 0.247 e. The van der Waals surface area contributed by atoms with Crippen molar-refractivity contribution in [3.63, 3.8) is 0 Å². The predicted octanol–water partition coefficient (Wildman–Crippen LogP) is 1.08. The third-order valence-corrected chi connectivity index (χ3v) is 3.75. The first kappa shape index (κ1) is 18.9. The van der Waals surface area contributed by atoms with Gasteiger partial charge in [-0.05, 0) is 13.8 Å². The number of carbonyl (C=O) groups is 2. The lowest BCUT2D eigenvalue weighted by molar-refractivity contribution is -0.311. The molecule has 0 saturated carbocycles. The molecule has 0 radical (unpaired) electrons. The Hall–Kier alpha value is -1.18. The molecule has 2 amide bonds. The molecule has 22 heavy (non-hydrogen) atoms. The number of ether oxygens (including phenoxy) is 2. The Morgan fingerprint density at radius 2 is 1.95 bits per heavy atom. The van der Waals surface area contributed by atoms with Crippen LogP contribution in [0.2, 0.25) is 0 Å². The molecule has 7 nitrogen and oxygen atoms in total. The quantitative estimate of drug-likeness (QED) is 0.742. The van der Waals surface area contributed by atoms with Gasteiger partial charge in [0.1, 0.15) is 0 Å². The van der Waals surface area contributed by atoms with Gasteiger partial charge in [0.15, 0.2) is 5.79 Å². The van der Waals surface area contributed by atoms with Crippen molar-refractivity contribution in [1.29, 1.82) is 0 Å². The molecule has 1 atom stereocenters. The molecule has 1 saturated heterocycles. The molecule has 1 heterocycles. The van der Waals surface area contributed by atoms with Gasteiger partial charge in [0, 0.05) is 25.4 Å². The number of carbonyl (C=O) groups excluding carboxylic acids is 2. The standard InChI is InChI=1S/C15H28N2O5/c1-14(2)10-21-15(3,4)22-11(14)9-12(18)16-8-7-13(19)17(5)20-6/h11H,7-10H2,1-6H3,(H,16,18)/t11-/m1/s1. The Labute approximate surface area is 132 Å². The van der Waals surface area contributed by atoms with Gasteiger partial charge in [0.2, 0.25) is 11.8 Å². The van der Waals surface area contributed by atoms with Gasteiger partial charge in [0.25, 0.3) is 0 Å². The Bertz CT molecular complexity index is 409. The van der Waals surface area contributed by atoms with Crippen LogP contribution in [0.5, 0.6) is 0 Å². The molecule has 0 aliphatic carbocycles. The molecule has 0 aromatic heterocycles. The summed E-state index contributed by atoms with van der Waals surface area (Å²) in [6.07, 6.45) is 0.210. The number of amides is 2. The first-order chi connectivity index (χ1) is 10.1. The van der Waals surface area contributed by atoms with E-state index >= 15 is 0 Å². The maximum atomic E-state index is 12.0. The van der Waals surface area contributed by atoms with E-state index in [-0.39, 0.29) is 42.7 Å². The summed E-state index contributed by atoms with van der Waals surface area (Å²) in [5.41, 5.74) is -0.237. The van der Waals surface area contributed by atoms with E-state index in [1.807, 2.05) is 27.7 Å². The molecule has 1 N–H and O–H groups in total. The minimum Gasteiger partial charge on any atom is -0.356 e. The maximum absolute atomic E-state index is 12.0. The van der Waals surface area contributed by atoms with Gasteiger partial charge in [0.05, 0.1) is 26.2 Å². The van der Waals surface area contributed by atoms with Crippen LogP contribution in [0.25, 0.3) is 0 Å². The molecule has 128 valence electrons. The second-order valence-electron chi connectivity index (χ2n) is 6.66. The normalized spacial score (nSPS) is 22.9. The molecular weight excluding hydrogens is 288 g/mol. The van der Waals surface area contributed by atoms with Crippen molar-refractivity contribution in [2.24, 2.45) is 5.41 Å². The van der Waals surface area contributed by atoms with Crippen LogP contribution < -0.4 is 5.32 Å². The molecule has 0 aromatic carbocycles. The lowest BCUT2D eigenvalue weighted by atomic mass is 9.84. The van der Waals surface area contributed by atoms with Gasteiger partial charge in [-0.2, -0.15) is 0 Å². The third kappa shape index (κ3) is 5.55. The monoisotopic (exact) mass is 316 g/mol. The molecule has 0 aromatic rings. The van der Waals surface area contributed by atoms with Gasteiger partial charge < -0.3 is 14.8 Å². The largest absolute Gasteiger partial charge is 0.356 e. The van der Waals surface area contributed by atoms with E-state index in [1.165, 1.54) is 14.2 Å². The van der Waals surface area contributed by atoms with Crippen molar-refractivity contribution in [2.45, 2.75) is 52.4 Å². The minimum absolute atomic E-state index is 0.136. The fourth-order valence-corrected chi connectivity index (χ4v) is 2.12. The van der Waals surface area contributed by atoms with Crippen LogP contribution in [-0.2, 0) is 23.9 Å². The molecule has 0 bridgehead atoms. The van der Waals surface area contributed by atoms with E-state index in [2.05, 4.69) is 5.32 Å². The minimum atomic E-state index is -0.683. The Balaban J connectivity index is 2.42. The fraction of sp³-hybridized carbons (Fsp3) is 0.867. The summed E-state index contributed by atoms with van der Waals surface area (Å²) in [5.74, 6) is -1.01. The van der Waals surface area contributed by atoms with E-state index in [9.17, 15) is 9.59 Å². The molecule has 1 aliphatic heterocycles. The Kier molecular flexibility index (Phi) is 6.34. The van der Waals surface area contributed by atoms with Gasteiger partial charge in [-0.3, -0.25) is 14.4 Å². The number of hydrogen-bond acceptors (Lipinski definition) is 5. The van der Waals surface area contributed by atoms with Gasteiger partial charge in [-0.15, -0.1) is 0 Å². The first-order valence-electron chi connectivity index (χ1n) is 7.46. The molecule has 1 fully saturated rings. The Morgan fingerprint density at radius 3 is 2.55 bits per heavy atom. The zero-order chi connectivity index (χ0) is 17.0. The van der Waals surface area contributed by atoms with Crippen molar-refractivity contribution in [3.05, 3.63) is 0 Å². The number of nitrogens with one attached hydrogen (secondary N) is 1. The second kappa shape index (κ2) is 7.39. The van der Waals surface area contributed by atoms with E-state index in [4.69, 9.17) is 14.3 Å². The van der Waals surface area contributed by atoms with E-state index in [1.54, 1.807) is 0 Å². The average molecular weight is 316 g/mol. The summed E-state index contributed by atoms with van der Waals surface area (Å²) in [6.45, 7) is 8.51. The molecule has 1 aliphatic rings. The fourth-order valence-electron chi connectivity index (χ4n) is 2.12. The van der Waals surface area contributed by atoms with Crippen LogP contribution in [0.4, 0.5) is 0 Å². The zero-order valence-corrected chi connectivity index (χ0v) is 14.4. The summed E-state index contributed by atoms with van der Waals surface area (Å²) >= 11 is 0. The summed E-state index contributed by atoms with van der Waals surface area (Å²) in [4.78, 5) is 28.4. The van der Waals surface area contributed by atoms with E-state index < -0.39 is 5.79 Å². The third-order valence-electron chi connectivity index (χ3n) is 3.75. The maximum Gasteiger partial charge on any atom is 0.247 e. The van der Waals surface area contributed by atoms with Gasteiger partial charge in [-0.25, -0.2) is 5.06 Å². The van der Waals surface area contributed by atoms with Gasteiger partial charge in [-0.1, -0.05) is 13.8 Å². The van der Waals surface area contributed by atoms with Crippen molar-refractivity contribution < 1.29 is 23.9 Å². The lowest BCUT2D eigenvalue weighted by Gasteiger charge is -2.45. The van der Waals surface area contributed by atoms with E-state index in [0.717, 1.165) is 5.06 Å². The highest BCUT2D eigenvalue weighted by Gasteiger charge is 2.42.